The lowest BCUT2D eigenvalue weighted by atomic mass is 10.0. The summed E-state index contributed by atoms with van der Waals surface area (Å²) >= 11 is 6.85. The van der Waals surface area contributed by atoms with Crippen molar-refractivity contribution in [3.05, 3.63) is 5.82 Å². The number of hydrogen-bond donors (Lipinski definition) is 0. The van der Waals surface area contributed by atoms with Gasteiger partial charge in [-0.3, -0.25) is 0 Å². The molecule has 2 heterocycles. The predicted octanol–water partition coefficient (Wildman–Crippen LogP) is 3.01. The molecule has 1 aromatic heterocycles. The number of alkyl halides is 4. The highest BCUT2D eigenvalue weighted by Gasteiger charge is 2.37. The zero-order chi connectivity index (χ0) is 12.6. The Morgan fingerprint density at radius 1 is 1.47 bits per heavy atom. The Kier molecular flexibility index (Phi) is 3.49. The second-order valence-electron chi connectivity index (χ2n) is 4.13. The van der Waals surface area contributed by atoms with Crippen molar-refractivity contribution in [1.29, 1.82) is 0 Å². The van der Waals surface area contributed by atoms with Gasteiger partial charge in [-0.2, -0.15) is 22.5 Å². The molecule has 1 aliphatic heterocycles. The van der Waals surface area contributed by atoms with Gasteiger partial charge in [0.2, 0.25) is 11.0 Å². The van der Waals surface area contributed by atoms with Crippen LogP contribution < -0.4 is 4.90 Å². The number of anilines is 1. The average molecular weight is 286 g/mol. The van der Waals surface area contributed by atoms with E-state index in [0.717, 1.165) is 18.0 Å². The second-order valence-corrected chi connectivity index (χ2v) is 5.42. The van der Waals surface area contributed by atoms with Crippen LogP contribution in [0.1, 0.15) is 19.2 Å². The van der Waals surface area contributed by atoms with E-state index in [1.54, 1.807) is 0 Å². The smallest absolute Gasteiger partial charge is 0.346 e. The fourth-order valence-corrected chi connectivity index (χ4v) is 2.65. The van der Waals surface area contributed by atoms with Crippen LogP contribution in [0.25, 0.3) is 0 Å². The van der Waals surface area contributed by atoms with Crippen molar-refractivity contribution < 1.29 is 13.2 Å². The fourth-order valence-electron chi connectivity index (χ4n) is 1.75. The molecule has 17 heavy (non-hydrogen) atoms. The molecule has 2 atom stereocenters. The third kappa shape index (κ3) is 2.82. The van der Waals surface area contributed by atoms with Gasteiger partial charge < -0.3 is 4.90 Å². The molecular weight excluding hydrogens is 275 g/mol. The van der Waals surface area contributed by atoms with Gasteiger partial charge in [0.15, 0.2) is 0 Å². The maximum atomic E-state index is 12.3. The van der Waals surface area contributed by atoms with Gasteiger partial charge >= 0.3 is 6.18 Å². The highest BCUT2D eigenvalue weighted by Crippen LogP contribution is 2.32. The van der Waals surface area contributed by atoms with E-state index in [1.807, 2.05) is 11.8 Å². The van der Waals surface area contributed by atoms with E-state index in [9.17, 15) is 13.2 Å². The Hall–Kier alpha value is -0.560. The van der Waals surface area contributed by atoms with E-state index in [-0.39, 0.29) is 11.3 Å². The molecule has 1 aliphatic rings. The first-order chi connectivity index (χ1) is 7.88. The zero-order valence-electron chi connectivity index (χ0n) is 9.04. The Labute approximate surface area is 106 Å². The van der Waals surface area contributed by atoms with Crippen molar-refractivity contribution in [2.24, 2.45) is 5.92 Å². The lowest BCUT2D eigenvalue weighted by Crippen LogP contribution is -2.39. The van der Waals surface area contributed by atoms with Gasteiger partial charge in [-0.15, -0.1) is 11.6 Å². The minimum Gasteiger partial charge on any atom is -0.346 e. The largest absolute Gasteiger partial charge is 0.452 e. The maximum absolute atomic E-state index is 12.3. The van der Waals surface area contributed by atoms with Crippen molar-refractivity contribution in [2.75, 3.05) is 18.0 Å². The summed E-state index contributed by atoms with van der Waals surface area (Å²) in [6.07, 6.45) is -3.71. The molecule has 0 bridgehead atoms. The third-order valence-electron chi connectivity index (χ3n) is 2.74. The van der Waals surface area contributed by atoms with Crippen LogP contribution in [0.4, 0.5) is 18.3 Å². The van der Waals surface area contributed by atoms with Crippen molar-refractivity contribution in [2.45, 2.75) is 24.9 Å². The van der Waals surface area contributed by atoms with Gasteiger partial charge in [0.1, 0.15) is 0 Å². The molecule has 0 amide bonds. The molecule has 0 radical (unpaired) electrons. The Morgan fingerprint density at radius 2 is 2.18 bits per heavy atom. The number of aromatic nitrogens is 2. The van der Waals surface area contributed by atoms with Gasteiger partial charge in [-0.25, -0.2) is 0 Å². The molecule has 0 saturated carbocycles. The summed E-state index contributed by atoms with van der Waals surface area (Å²) in [6.45, 7) is 3.24. The zero-order valence-corrected chi connectivity index (χ0v) is 10.6. The Bertz CT molecular complexity index is 395. The van der Waals surface area contributed by atoms with E-state index in [4.69, 9.17) is 11.6 Å². The highest BCUT2D eigenvalue weighted by molar-refractivity contribution is 7.09. The van der Waals surface area contributed by atoms with Crippen molar-refractivity contribution >= 4 is 28.3 Å². The molecular formula is C9H11ClF3N3S. The van der Waals surface area contributed by atoms with Crippen LogP contribution in [-0.4, -0.2) is 27.8 Å². The molecule has 1 saturated heterocycles. The molecule has 1 fully saturated rings. The van der Waals surface area contributed by atoms with Crippen molar-refractivity contribution in [1.82, 2.24) is 9.36 Å². The highest BCUT2D eigenvalue weighted by atomic mass is 35.5. The monoisotopic (exact) mass is 285 g/mol. The summed E-state index contributed by atoms with van der Waals surface area (Å²) in [4.78, 5) is 5.35. The van der Waals surface area contributed by atoms with Crippen LogP contribution >= 0.6 is 23.1 Å². The van der Waals surface area contributed by atoms with E-state index >= 15 is 0 Å². The minimum absolute atomic E-state index is 0.0845. The first kappa shape index (κ1) is 12.9. The molecule has 96 valence electrons. The fraction of sp³-hybridized carbons (Fsp3) is 0.778. The first-order valence-corrected chi connectivity index (χ1v) is 6.39. The molecule has 0 aliphatic carbocycles. The number of piperidine rings is 1. The van der Waals surface area contributed by atoms with Crippen LogP contribution in [-0.2, 0) is 6.18 Å². The average Bonchev–Trinajstić information content (AvgIpc) is 2.70. The summed E-state index contributed by atoms with van der Waals surface area (Å²) in [5.74, 6) is -0.818. The van der Waals surface area contributed by atoms with Crippen molar-refractivity contribution in [3.8, 4) is 0 Å². The molecule has 1 aromatic rings. The standard InChI is InChI=1S/C9H11ClF3N3S/c1-5-4-16(3-2-6(5)10)8-14-7(15-17-8)9(11,12)13/h5-6H,2-4H2,1H3. The molecule has 2 unspecified atom stereocenters. The van der Waals surface area contributed by atoms with E-state index in [2.05, 4.69) is 9.36 Å². The number of nitrogens with zero attached hydrogens (tertiary/aromatic N) is 3. The number of hydrogen-bond acceptors (Lipinski definition) is 4. The predicted molar refractivity (Wildman–Crippen MR) is 60.5 cm³/mol. The first-order valence-electron chi connectivity index (χ1n) is 5.18. The minimum atomic E-state index is -4.47. The normalized spacial score (nSPS) is 26.3. The van der Waals surface area contributed by atoms with E-state index < -0.39 is 12.0 Å². The molecule has 3 nitrogen and oxygen atoms in total. The quantitative estimate of drug-likeness (QED) is 0.743. The second kappa shape index (κ2) is 4.61. The summed E-state index contributed by atoms with van der Waals surface area (Å²) in [6, 6.07) is 0. The summed E-state index contributed by atoms with van der Waals surface area (Å²) < 4.78 is 40.4. The van der Waals surface area contributed by atoms with E-state index in [1.165, 1.54) is 0 Å². The summed E-state index contributed by atoms with van der Waals surface area (Å²) in [5.41, 5.74) is 0. The van der Waals surface area contributed by atoms with E-state index in [0.29, 0.717) is 18.2 Å². The lowest BCUT2D eigenvalue weighted by molar-refractivity contribution is -0.144. The maximum Gasteiger partial charge on any atom is 0.452 e. The van der Waals surface area contributed by atoms with Gasteiger partial charge in [0, 0.05) is 30.0 Å². The SMILES string of the molecule is CC1CN(c2nc(C(F)(F)F)ns2)CCC1Cl. The van der Waals surface area contributed by atoms with Gasteiger partial charge in [-0.05, 0) is 12.3 Å². The molecule has 8 heteroatoms. The van der Waals surface area contributed by atoms with Gasteiger partial charge in [0.05, 0.1) is 0 Å². The van der Waals surface area contributed by atoms with Gasteiger partial charge in [0.25, 0.3) is 0 Å². The van der Waals surface area contributed by atoms with Crippen LogP contribution in [0.15, 0.2) is 0 Å². The summed E-state index contributed by atoms with van der Waals surface area (Å²) in [7, 11) is 0. The molecule has 0 aromatic carbocycles. The van der Waals surface area contributed by atoms with Crippen molar-refractivity contribution in [3.63, 3.8) is 0 Å². The van der Waals surface area contributed by atoms with Gasteiger partial charge in [-0.1, -0.05) is 6.92 Å². The molecule has 0 spiro atoms. The van der Waals surface area contributed by atoms with Crippen LogP contribution in [0.2, 0.25) is 0 Å². The number of halogens is 4. The topological polar surface area (TPSA) is 29.0 Å². The lowest BCUT2D eigenvalue weighted by Gasteiger charge is -2.33. The Morgan fingerprint density at radius 3 is 2.71 bits per heavy atom. The van der Waals surface area contributed by atoms with Crippen LogP contribution in [0.5, 0.6) is 0 Å². The molecule has 2 rings (SSSR count). The Balaban J connectivity index is 2.11. The third-order valence-corrected chi connectivity index (χ3v) is 4.17. The van der Waals surface area contributed by atoms with Crippen LogP contribution in [0.3, 0.4) is 0 Å². The summed E-state index contributed by atoms with van der Waals surface area (Å²) in [5, 5.41) is 0.411. The molecule has 0 N–H and O–H groups in total. The number of rotatable bonds is 1. The van der Waals surface area contributed by atoms with Crippen LogP contribution in [0, 0.1) is 5.92 Å².